The molecular weight excluding hydrogens is 380 g/mol. The van der Waals surface area contributed by atoms with Crippen LogP contribution in [0.1, 0.15) is 50.3 Å². The fourth-order valence-electron chi connectivity index (χ4n) is 4.60. The molecule has 0 aliphatic carbocycles. The molecule has 0 saturated heterocycles. The smallest absolute Gasteiger partial charge is 0.0447 e. The van der Waals surface area contributed by atoms with Gasteiger partial charge in [-0.3, -0.25) is 0 Å². The minimum Gasteiger partial charge on any atom is -0.385 e. The molecule has 3 aromatic carbocycles. The van der Waals surface area contributed by atoms with Crippen molar-refractivity contribution >= 4 is 28.4 Å². The molecule has 0 unspecified atom stereocenters. The lowest BCUT2D eigenvalue weighted by Gasteiger charge is -2.31. The summed E-state index contributed by atoms with van der Waals surface area (Å²) in [5.41, 5.74) is 9.91. The van der Waals surface area contributed by atoms with Gasteiger partial charge in [-0.15, -0.1) is 0 Å². The highest BCUT2D eigenvalue weighted by Gasteiger charge is 2.27. The molecule has 3 aromatic rings. The van der Waals surface area contributed by atoms with Gasteiger partial charge in [-0.1, -0.05) is 24.3 Å². The van der Waals surface area contributed by atoms with Crippen LogP contribution >= 0.6 is 0 Å². The van der Waals surface area contributed by atoms with Gasteiger partial charge in [0, 0.05) is 60.5 Å². The number of benzene rings is 3. The van der Waals surface area contributed by atoms with Crippen LogP contribution in [0.25, 0.3) is 0 Å². The van der Waals surface area contributed by atoms with Crippen LogP contribution in [0.4, 0.5) is 28.4 Å². The van der Waals surface area contributed by atoms with Crippen LogP contribution in [0.3, 0.4) is 0 Å². The topological polar surface area (TPSA) is 39.3 Å². The van der Waals surface area contributed by atoms with Crippen LogP contribution in [0.2, 0.25) is 0 Å². The molecule has 0 bridgehead atoms. The number of anilines is 5. The van der Waals surface area contributed by atoms with E-state index < -0.39 is 0 Å². The largest absolute Gasteiger partial charge is 0.385 e. The molecule has 0 spiro atoms. The summed E-state index contributed by atoms with van der Waals surface area (Å²) >= 11 is 0. The van der Waals surface area contributed by atoms with Crippen molar-refractivity contribution < 1.29 is 0 Å². The van der Waals surface area contributed by atoms with E-state index in [0.29, 0.717) is 0 Å². The van der Waals surface area contributed by atoms with Crippen molar-refractivity contribution in [2.75, 3.05) is 47.0 Å². The highest BCUT2D eigenvalue weighted by Crippen LogP contribution is 2.46. The normalized spacial score (nSPS) is 12.5. The first kappa shape index (κ1) is 21.1. The van der Waals surface area contributed by atoms with Crippen LogP contribution in [-0.2, 0) is 0 Å². The van der Waals surface area contributed by atoms with E-state index in [9.17, 15) is 0 Å². The second-order valence-electron chi connectivity index (χ2n) is 7.99. The van der Waals surface area contributed by atoms with Gasteiger partial charge < -0.3 is 20.9 Å². The minimum absolute atomic E-state index is 0.211. The Bertz CT molecular complexity index is 966. The van der Waals surface area contributed by atoms with Gasteiger partial charge in [-0.2, -0.15) is 0 Å². The Morgan fingerprint density at radius 2 is 1.23 bits per heavy atom. The maximum atomic E-state index is 3.70. The summed E-state index contributed by atoms with van der Waals surface area (Å²) < 4.78 is 0. The lowest BCUT2D eigenvalue weighted by molar-refractivity contribution is 0.864. The fraction of sp³-hybridized carbons (Fsp3) is 0.333. The molecule has 4 heteroatoms. The zero-order chi connectivity index (χ0) is 21.8. The van der Waals surface area contributed by atoms with E-state index in [1.54, 1.807) is 0 Å². The van der Waals surface area contributed by atoms with Gasteiger partial charge in [-0.05, 0) is 80.8 Å². The van der Waals surface area contributed by atoms with E-state index >= 15 is 0 Å². The third-order valence-corrected chi connectivity index (χ3v) is 6.11. The number of hydrogen-bond donors (Lipinski definition) is 3. The van der Waals surface area contributed by atoms with Gasteiger partial charge in [0.15, 0.2) is 0 Å². The second kappa shape index (κ2) is 9.34. The van der Waals surface area contributed by atoms with E-state index in [4.69, 9.17) is 0 Å². The van der Waals surface area contributed by atoms with Crippen molar-refractivity contribution in [1.82, 2.24) is 0 Å². The van der Waals surface area contributed by atoms with Gasteiger partial charge in [-0.25, -0.2) is 0 Å². The van der Waals surface area contributed by atoms with Gasteiger partial charge in [0.1, 0.15) is 0 Å². The van der Waals surface area contributed by atoms with Crippen molar-refractivity contribution in [1.29, 1.82) is 0 Å². The van der Waals surface area contributed by atoms with Crippen molar-refractivity contribution in [2.45, 2.75) is 33.6 Å². The Kier molecular flexibility index (Phi) is 6.36. The van der Waals surface area contributed by atoms with Gasteiger partial charge in [0.25, 0.3) is 0 Å². The highest BCUT2D eigenvalue weighted by molar-refractivity contribution is 5.80. The summed E-state index contributed by atoms with van der Waals surface area (Å²) in [5, 5.41) is 10.6. The Morgan fingerprint density at radius 3 is 1.68 bits per heavy atom. The fourth-order valence-corrected chi connectivity index (χ4v) is 4.60. The monoisotopic (exact) mass is 414 g/mol. The minimum atomic E-state index is 0.211. The van der Waals surface area contributed by atoms with Crippen molar-refractivity contribution in [3.8, 4) is 0 Å². The third kappa shape index (κ3) is 4.20. The quantitative estimate of drug-likeness (QED) is 0.302. The number of nitrogens with one attached hydrogen (secondary N) is 3. The zero-order valence-electron chi connectivity index (χ0n) is 19.1. The Hall–Kier alpha value is -3.14. The van der Waals surface area contributed by atoms with E-state index in [2.05, 4.69) is 109 Å². The lowest BCUT2D eigenvalue weighted by Crippen LogP contribution is -2.21. The third-order valence-electron chi connectivity index (χ3n) is 6.11. The molecule has 162 valence electrons. The van der Waals surface area contributed by atoms with E-state index in [-0.39, 0.29) is 5.92 Å². The summed E-state index contributed by atoms with van der Waals surface area (Å²) in [6.07, 6.45) is 0. The standard InChI is InChI=1S/C27H34N4/c1-5-28-20-11-15-23-25(17-20)30-26-18-21(29-6-2)12-16-24(26)27(23)19-9-13-22(14-10-19)31(7-3)8-4/h9-18,27-30H,5-8H2,1-4H3. The van der Waals surface area contributed by atoms with E-state index in [0.717, 1.165) is 37.6 Å². The van der Waals surface area contributed by atoms with Crippen molar-refractivity contribution in [3.63, 3.8) is 0 Å². The average Bonchev–Trinajstić information content (AvgIpc) is 2.79. The Morgan fingerprint density at radius 1 is 0.710 bits per heavy atom. The summed E-state index contributed by atoms with van der Waals surface area (Å²) in [7, 11) is 0. The molecule has 1 aliphatic rings. The lowest BCUT2D eigenvalue weighted by atomic mass is 9.80. The van der Waals surface area contributed by atoms with Gasteiger partial charge >= 0.3 is 0 Å². The zero-order valence-corrected chi connectivity index (χ0v) is 19.1. The van der Waals surface area contributed by atoms with Crippen LogP contribution in [0, 0.1) is 0 Å². The molecule has 0 atom stereocenters. The van der Waals surface area contributed by atoms with Gasteiger partial charge in [0.2, 0.25) is 0 Å². The van der Waals surface area contributed by atoms with Crippen LogP contribution in [0.15, 0.2) is 60.7 Å². The predicted molar refractivity (Wildman–Crippen MR) is 135 cm³/mol. The summed E-state index contributed by atoms with van der Waals surface area (Å²) in [6, 6.07) is 22.5. The summed E-state index contributed by atoms with van der Waals surface area (Å²) in [4.78, 5) is 2.39. The Balaban J connectivity index is 1.79. The SMILES string of the molecule is CCNc1ccc2c(c1)Nc1cc(NCC)ccc1C2c1ccc(N(CC)CC)cc1. The van der Waals surface area contributed by atoms with Crippen LogP contribution < -0.4 is 20.9 Å². The van der Waals surface area contributed by atoms with E-state index in [1.807, 2.05) is 0 Å². The first-order valence-corrected chi connectivity index (χ1v) is 11.6. The molecule has 1 heterocycles. The predicted octanol–water partition coefficient (Wildman–Crippen LogP) is 6.63. The maximum absolute atomic E-state index is 3.70. The molecule has 1 aliphatic heterocycles. The molecule has 3 N–H and O–H groups in total. The first-order chi connectivity index (χ1) is 15.2. The van der Waals surface area contributed by atoms with Crippen molar-refractivity contribution in [3.05, 3.63) is 77.4 Å². The van der Waals surface area contributed by atoms with Crippen LogP contribution in [0.5, 0.6) is 0 Å². The summed E-state index contributed by atoms with van der Waals surface area (Å²) in [5.74, 6) is 0.211. The van der Waals surface area contributed by atoms with Crippen LogP contribution in [-0.4, -0.2) is 26.2 Å². The molecule has 0 saturated carbocycles. The Labute approximate surface area is 186 Å². The first-order valence-electron chi connectivity index (χ1n) is 11.6. The number of rotatable bonds is 8. The average molecular weight is 415 g/mol. The second-order valence-corrected chi connectivity index (χ2v) is 7.99. The van der Waals surface area contributed by atoms with Gasteiger partial charge in [0.05, 0.1) is 0 Å². The molecule has 0 radical (unpaired) electrons. The number of hydrogen-bond acceptors (Lipinski definition) is 4. The number of nitrogens with zero attached hydrogens (tertiary/aromatic N) is 1. The molecular formula is C27H34N4. The molecule has 0 aromatic heterocycles. The molecule has 31 heavy (non-hydrogen) atoms. The van der Waals surface area contributed by atoms with E-state index in [1.165, 1.54) is 33.8 Å². The molecule has 4 rings (SSSR count). The maximum Gasteiger partial charge on any atom is 0.0447 e. The number of fused-ring (bicyclic) bond motifs is 2. The summed E-state index contributed by atoms with van der Waals surface area (Å²) in [6.45, 7) is 12.5. The molecule has 0 amide bonds. The molecule has 4 nitrogen and oxygen atoms in total. The van der Waals surface area contributed by atoms with Crippen molar-refractivity contribution in [2.24, 2.45) is 0 Å². The molecule has 0 fully saturated rings. The highest BCUT2D eigenvalue weighted by atomic mass is 15.1.